The van der Waals surface area contributed by atoms with Crippen LogP contribution in [0.2, 0.25) is 0 Å². The maximum atomic E-state index is 12.9. The zero-order chi connectivity index (χ0) is 19.1. The van der Waals surface area contributed by atoms with Crippen molar-refractivity contribution in [2.24, 2.45) is 0 Å². The first-order valence-electron chi connectivity index (χ1n) is 8.09. The molecule has 0 fully saturated rings. The summed E-state index contributed by atoms with van der Waals surface area (Å²) >= 11 is 2.94. The first-order chi connectivity index (χ1) is 13.1. The molecule has 0 atom stereocenters. The predicted octanol–water partition coefficient (Wildman–Crippen LogP) is 4.35. The van der Waals surface area contributed by atoms with Crippen LogP contribution >= 0.6 is 22.7 Å². The fourth-order valence-corrected chi connectivity index (χ4v) is 3.63. The van der Waals surface area contributed by atoms with E-state index in [-0.39, 0.29) is 19.0 Å². The molecular formula is C20H16FNO3S2. The van der Waals surface area contributed by atoms with Gasteiger partial charge in [0.05, 0.1) is 5.57 Å². The number of carbonyl (C=O) groups excluding carboxylic acids is 2. The molecule has 0 saturated heterocycles. The molecule has 0 saturated carbocycles. The molecule has 4 nitrogen and oxygen atoms in total. The Labute approximate surface area is 163 Å². The minimum atomic E-state index is -0.553. The third kappa shape index (κ3) is 5.60. The topological polar surface area (TPSA) is 55.4 Å². The van der Waals surface area contributed by atoms with Crippen LogP contribution in [0.5, 0.6) is 0 Å². The van der Waals surface area contributed by atoms with Crippen LogP contribution in [-0.4, -0.2) is 18.5 Å². The van der Waals surface area contributed by atoms with Crippen LogP contribution in [-0.2, 0) is 20.9 Å². The van der Waals surface area contributed by atoms with Gasteiger partial charge in [-0.25, -0.2) is 9.18 Å². The number of ether oxygens (including phenoxy) is 1. The SMILES string of the molecule is O=C(COC(=O)/C(=C/c1cccs1)c1cccs1)NCc1ccc(F)cc1. The fraction of sp³-hybridized carbons (Fsp3) is 0.100. The lowest BCUT2D eigenvalue weighted by Gasteiger charge is -2.08. The number of halogens is 1. The minimum absolute atomic E-state index is 0.236. The number of thiophene rings is 2. The Morgan fingerprint density at radius 3 is 2.44 bits per heavy atom. The van der Waals surface area contributed by atoms with Crippen LogP contribution in [0.1, 0.15) is 15.3 Å². The summed E-state index contributed by atoms with van der Waals surface area (Å²) in [4.78, 5) is 26.1. The van der Waals surface area contributed by atoms with Crippen molar-refractivity contribution in [2.75, 3.05) is 6.61 Å². The van der Waals surface area contributed by atoms with Crippen molar-refractivity contribution in [3.63, 3.8) is 0 Å². The molecule has 2 aromatic heterocycles. The maximum Gasteiger partial charge on any atom is 0.340 e. The van der Waals surface area contributed by atoms with Crippen molar-refractivity contribution in [1.29, 1.82) is 0 Å². The first-order valence-corrected chi connectivity index (χ1v) is 9.85. The van der Waals surface area contributed by atoms with E-state index in [1.54, 1.807) is 18.2 Å². The van der Waals surface area contributed by atoms with Gasteiger partial charge in [0.15, 0.2) is 6.61 Å². The Morgan fingerprint density at radius 2 is 1.78 bits per heavy atom. The lowest BCUT2D eigenvalue weighted by Crippen LogP contribution is -2.28. The highest BCUT2D eigenvalue weighted by Gasteiger charge is 2.16. The highest BCUT2D eigenvalue weighted by Crippen LogP contribution is 2.25. The number of nitrogens with one attached hydrogen (secondary N) is 1. The number of carbonyl (C=O) groups is 2. The van der Waals surface area contributed by atoms with Crippen molar-refractivity contribution in [2.45, 2.75) is 6.54 Å². The van der Waals surface area contributed by atoms with E-state index in [0.717, 1.165) is 15.3 Å². The maximum absolute atomic E-state index is 12.9. The molecule has 0 aliphatic heterocycles. The predicted molar refractivity (Wildman–Crippen MR) is 106 cm³/mol. The van der Waals surface area contributed by atoms with Gasteiger partial charge in [-0.15, -0.1) is 22.7 Å². The minimum Gasteiger partial charge on any atom is -0.452 e. The zero-order valence-corrected chi connectivity index (χ0v) is 15.8. The molecule has 1 amide bonds. The van der Waals surface area contributed by atoms with Gasteiger partial charge in [-0.05, 0) is 46.7 Å². The summed E-state index contributed by atoms with van der Waals surface area (Å²) in [7, 11) is 0. The highest BCUT2D eigenvalue weighted by atomic mass is 32.1. The number of benzene rings is 1. The van der Waals surface area contributed by atoms with Gasteiger partial charge >= 0.3 is 5.97 Å². The van der Waals surface area contributed by atoms with Crippen LogP contribution in [0.4, 0.5) is 4.39 Å². The Bertz CT molecular complexity index is 917. The van der Waals surface area contributed by atoms with Crippen LogP contribution < -0.4 is 5.32 Å². The molecule has 0 bridgehead atoms. The Morgan fingerprint density at radius 1 is 1.04 bits per heavy atom. The van der Waals surface area contributed by atoms with E-state index < -0.39 is 11.9 Å². The van der Waals surface area contributed by atoms with Crippen LogP contribution in [0.3, 0.4) is 0 Å². The average Bonchev–Trinajstić information content (AvgIpc) is 3.37. The molecule has 2 heterocycles. The van der Waals surface area contributed by atoms with Gasteiger partial charge in [0.25, 0.3) is 5.91 Å². The van der Waals surface area contributed by atoms with Crippen LogP contribution in [0.25, 0.3) is 11.6 Å². The van der Waals surface area contributed by atoms with Gasteiger partial charge in [-0.1, -0.05) is 24.3 Å². The van der Waals surface area contributed by atoms with E-state index in [9.17, 15) is 14.0 Å². The summed E-state index contributed by atoms with van der Waals surface area (Å²) in [5.74, 6) is -1.31. The van der Waals surface area contributed by atoms with Crippen molar-refractivity contribution < 1.29 is 18.7 Å². The standard InChI is InChI=1S/C20H16FNO3S2/c21-15-7-5-14(6-8-15)12-22-19(23)13-25-20(24)17(18-4-2-10-27-18)11-16-3-1-9-26-16/h1-11H,12-13H2,(H,22,23)/b17-11+. The second-order valence-electron chi connectivity index (χ2n) is 5.53. The largest absolute Gasteiger partial charge is 0.452 e. The number of hydrogen-bond acceptors (Lipinski definition) is 5. The van der Waals surface area contributed by atoms with Gasteiger partial charge in [-0.3, -0.25) is 4.79 Å². The fourth-order valence-electron chi connectivity index (χ4n) is 2.24. The van der Waals surface area contributed by atoms with Gasteiger partial charge in [-0.2, -0.15) is 0 Å². The summed E-state index contributed by atoms with van der Waals surface area (Å²) in [5.41, 5.74) is 1.17. The van der Waals surface area contributed by atoms with Crippen molar-refractivity contribution in [1.82, 2.24) is 5.32 Å². The molecule has 138 valence electrons. The molecular weight excluding hydrogens is 385 g/mol. The number of esters is 1. The van der Waals surface area contributed by atoms with Gasteiger partial charge in [0.1, 0.15) is 5.82 Å². The van der Waals surface area contributed by atoms with Crippen LogP contribution in [0.15, 0.2) is 59.3 Å². The van der Waals surface area contributed by atoms with E-state index in [2.05, 4.69) is 5.32 Å². The third-order valence-electron chi connectivity index (χ3n) is 3.57. The first kappa shape index (κ1) is 19.0. The quantitative estimate of drug-likeness (QED) is 0.473. The smallest absolute Gasteiger partial charge is 0.340 e. The monoisotopic (exact) mass is 401 g/mol. The van der Waals surface area contributed by atoms with Crippen molar-refractivity contribution in [3.05, 3.63) is 80.4 Å². The van der Waals surface area contributed by atoms with Crippen molar-refractivity contribution in [3.8, 4) is 0 Å². The zero-order valence-electron chi connectivity index (χ0n) is 14.2. The summed E-state index contributed by atoms with van der Waals surface area (Å²) in [5, 5.41) is 6.44. The Balaban J connectivity index is 1.57. The number of rotatable bonds is 7. The summed E-state index contributed by atoms with van der Waals surface area (Å²) < 4.78 is 18.1. The van der Waals surface area contributed by atoms with E-state index in [1.807, 2.05) is 35.0 Å². The van der Waals surface area contributed by atoms with Gasteiger partial charge in [0.2, 0.25) is 0 Å². The molecule has 0 aliphatic carbocycles. The molecule has 0 spiro atoms. The molecule has 0 radical (unpaired) electrons. The van der Waals surface area contributed by atoms with Gasteiger partial charge < -0.3 is 10.1 Å². The molecule has 0 unspecified atom stereocenters. The molecule has 3 aromatic rings. The Hall–Kier alpha value is -2.77. The molecule has 7 heteroatoms. The molecule has 0 aliphatic rings. The summed E-state index contributed by atoms with van der Waals surface area (Å²) in [6.07, 6.45) is 1.76. The van der Waals surface area contributed by atoms with Crippen LogP contribution in [0, 0.1) is 5.82 Å². The molecule has 3 rings (SSSR count). The lowest BCUT2D eigenvalue weighted by molar-refractivity contribution is -0.142. The van der Waals surface area contributed by atoms with E-state index >= 15 is 0 Å². The highest BCUT2D eigenvalue weighted by molar-refractivity contribution is 7.12. The number of hydrogen-bond donors (Lipinski definition) is 1. The molecule has 1 N–H and O–H groups in total. The number of amides is 1. The van der Waals surface area contributed by atoms with E-state index in [0.29, 0.717) is 5.57 Å². The third-order valence-corrected chi connectivity index (χ3v) is 5.30. The van der Waals surface area contributed by atoms with Gasteiger partial charge in [0, 0.05) is 16.3 Å². The summed E-state index contributed by atoms with van der Waals surface area (Å²) in [6, 6.07) is 13.3. The lowest BCUT2D eigenvalue weighted by atomic mass is 10.2. The second-order valence-corrected chi connectivity index (χ2v) is 7.46. The molecule has 27 heavy (non-hydrogen) atoms. The summed E-state index contributed by atoms with van der Waals surface area (Å²) in [6.45, 7) is -0.146. The molecule has 1 aromatic carbocycles. The second kappa shape index (κ2) is 9.25. The average molecular weight is 401 g/mol. The van der Waals surface area contributed by atoms with E-state index in [1.165, 1.54) is 34.8 Å². The van der Waals surface area contributed by atoms with Crippen molar-refractivity contribution >= 4 is 46.2 Å². The van der Waals surface area contributed by atoms with E-state index in [4.69, 9.17) is 4.74 Å². The normalized spacial score (nSPS) is 11.2. The Kier molecular flexibility index (Phi) is 6.51.